The topological polar surface area (TPSA) is 21.3 Å². The Morgan fingerprint density at radius 3 is 2.60 bits per heavy atom. The normalized spacial score (nSPS) is 14.2. The van der Waals surface area contributed by atoms with E-state index in [2.05, 4.69) is 37.5 Å². The molecule has 15 heavy (non-hydrogen) atoms. The lowest BCUT2D eigenvalue weighted by atomic mass is 9.96. The molecule has 86 valence electrons. The van der Waals surface area contributed by atoms with Crippen LogP contribution < -0.4 is 5.32 Å². The van der Waals surface area contributed by atoms with Gasteiger partial charge in [-0.25, -0.2) is 0 Å². The first kappa shape index (κ1) is 12.7. The van der Waals surface area contributed by atoms with Gasteiger partial charge in [0.15, 0.2) is 0 Å². The number of nitrogens with one attached hydrogen (secondary N) is 1. The number of aryl methyl sites for hydroxylation is 1. The predicted octanol–water partition coefficient (Wildman–Crippen LogP) is 3.13. The van der Waals surface area contributed by atoms with Gasteiger partial charge in [-0.05, 0) is 51.2 Å². The van der Waals surface area contributed by atoms with Crippen molar-refractivity contribution in [2.45, 2.75) is 38.8 Å². The first-order valence-corrected chi connectivity index (χ1v) is 6.14. The van der Waals surface area contributed by atoms with Crippen molar-refractivity contribution < 1.29 is 4.74 Å². The molecule has 0 bridgehead atoms. The van der Waals surface area contributed by atoms with Gasteiger partial charge >= 0.3 is 0 Å². The Morgan fingerprint density at radius 1 is 1.53 bits per heavy atom. The highest BCUT2D eigenvalue weighted by Crippen LogP contribution is 2.30. The molecular weight excluding hydrogens is 206 g/mol. The van der Waals surface area contributed by atoms with E-state index in [1.54, 1.807) is 7.11 Å². The van der Waals surface area contributed by atoms with E-state index in [1.807, 2.05) is 18.4 Å². The van der Waals surface area contributed by atoms with Crippen molar-refractivity contribution in [3.8, 4) is 0 Å². The predicted molar refractivity (Wildman–Crippen MR) is 66.6 cm³/mol. The van der Waals surface area contributed by atoms with Crippen LogP contribution in [0, 0.1) is 6.92 Å². The summed E-state index contributed by atoms with van der Waals surface area (Å²) in [6.07, 6.45) is 0.987. The quantitative estimate of drug-likeness (QED) is 0.834. The molecule has 0 aromatic carbocycles. The van der Waals surface area contributed by atoms with E-state index in [4.69, 9.17) is 4.74 Å². The summed E-state index contributed by atoms with van der Waals surface area (Å²) in [5.74, 6) is 0. The van der Waals surface area contributed by atoms with Gasteiger partial charge in [0.05, 0.1) is 5.60 Å². The Morgan fingerprint density at radius 2 is 2.20 bits per heavy atom. The Labute approximate surface area is 96.7 Å². The summed E-state index contributed by atoms with van der Waals surface area (Å²) in [5.41, 5.74) is 1.29. The minimum atomic E-state index is -0.0793. The molecule has 0 saturated carbocycles. The number of rotatable bonds is 5. The van der Waals surface area contributed by atoms with Gasteiger partial charge in [0.1, 0.15) is 0 Å². The maximum atomic E-state index is 5.47. The third-order valence-corrected chi connectivity index (χ3v) is 3.95. The number of ether oxygens (including phenoxy) is 1. The molecule has 0 radical (unpaired) electrons. The van der Waals surface area contributed by atoms with Crippen LogP contribution in [-0.2, 0) is 4.74 Å². The molecule has 1 N–H and O–H groups in total. The second-order valence-corrected chi connectivity index (χ2v) is 5.42. The first-order chi connectivity index (χ1) is 7.00. The zero-order chi connectivity index (χ0) is 11.5. The van der Waals surface area contributed by atoms with Crippen LogP contribution in [-0.4, -0.2) is 19.8 Å². The van der Waals surface area contributed by atoms with E-state index in [-0.39, 0.29) is 5.60 Å². The molecule has 1 unspecified atom stereocenters. The van der Waals surface area contributed by atoms with Gasteiger partial charge < -0.3 is 10.1 Å². The molecule has 0 amide bonds. The fourth-order valence-corrected chi connectivity index (χ4v) is 2.68. The molecule has 1 atom stereocenters. The Kier molecular flexibility index (Phi) is 4.32. The summed E-state index contributed by atoms with van der Waals surface area (Å²) >= 11 is 1.82. The molecule has 1 aromatic heterocycles. The van der Waals surface area contributed by atoms with Crippen LogP contribution in [0.3, 0.4) is 0 Å². The molecular formula is C12H21NOS. The summed E-state index contributed by atoms with van der Waals surface area (Å²) < 4.78 is 5.47. The van der Waals surface area contributed by atoms with Crippen LogP contribution in [0.5, 0.6) is 0 Å². The Balaban J connectivity index is 2.77. The minimum absolute atomic E-state index is 0.0793. The van der Waals surface area contributed by atoms with Crippen LogP contribution in [0.15, 0.2) is 11.4 Å². The maximum Gasteiger partial charge on any atom is 0.0641 e. The van der Waals surface area contributed by atoms with Gasteiger partial charge in [0.25, 0.3) is 0 Å². The van der Waals surface area contributed by atoms with Crippen molar-refractivity contribution in [2.75, 3.05) is 14.2 Å². The van der Waals surface area contributed by atoms with Crippen LogP contribution in [0.1, 0.15) is 36.8 Å². The van der Waals surface area contributed by atoms with E-state index in [0.717, 1.165) is 6.42 Å². The fraction of sp³-hybridized carbons (Fsp3) is 0.667. The summed E-state index contributed by atoms with van der Waals surface area (Å²) in [4.78, 5) is 1.42. The Bertz CT molecular complexity index is 306. The van der Waals surface area contributed by atoms with Gasteiger partial charge in [-0.15, -0.1) is 11.3 Å². The van der Waals surface area contributed by atoms with Crippen molar-refractivity contribution in [1.82, 2.24) is 5.32 Å². The number of thiophene rings is 1. The van der Waals surface area contributed by atoms with Crippen molar-refractivity contribution in [1.29, 1.82) is 0 Å². The smallest absolute Gasteiger partial charge is 0.0641 e. The van der Waals surface area contributed by atoms with E-state index >= 15 is 0 Å². The summed E-state index contributed by atoms with van der Waals surface area (Å²) in [6.45, 7) is 6.41. The fourth-order valence-electron chi connectivity index (χ4n) is 1.64. The molecule has 0 aliphatic rings. The maximum absolute atomic E-state index is 5.47. The van der Waals surface area contributed by atoms with E-state index in [9.17, 15) is 0 Å². The highest BCUT2D eigenvalue weighted by molar-refractivity contribution is 7.10. The van der Waals surface area contributed by atoms with Crippen LogP contribution in [0.2, 0.25) is 0 Å². The van der Waals surface area contributed by atoms with E-state index < -0.39 is 0 Å². The van der Waals surface area contributed by atoms with E-state index in [1.165, 1.54) is 10.4 Å². The third-order valence-electron chi connectivity index (χ3n) is 2.81. The molecule has 0 aliphatic heterocycles. The number of methoxy groups -OCH3 is 1. The number of hydrogen-bond acceptors (Lipinski definition) is 3. The SMILES string of the molecule is CNC(CC(C)(C)OC)c1sccc1C. The zero-order valence-electron chi connectivity index (χ0n) is 10.3. The van der Waals surface area contributed by atoms with Crippen LogP contribution in [0.4, 0.5) is 0 Å². The standard InChI is InChI=1S/C12H21NOS/c1-9-6-7-15-11(9)10(13-4)8-12(2,3)14-5/h6-7,10,13H,8H2,1-5H3. The largest absolute Gasteiger partial charge is 0.379 e. The molecule has 3 heteroatoms. The molecule has 0 aliphatic carbocycles. The average molecular weight is 227 g/mol. The Hall–Kier alpha value is -0.380. The molecule has 1 rings (SSSR count). The minimum Gasteiger partial charge on any atom is -0.379 e. The highest BCUT2D eigenvalue weighted by atomic mass is 32.1. The number of hydrogen-bond donors (Lipinski definition) is 1. The lowest BCUT2D eigenvalue weighted by Crippen LogP contribution is -2.30. The van der Waals surface area contributed by atoms with Crippen molar-refractivity contribution >= 4 is 11.3 Å². The van der Waals surface area contributed by atoms with Gasteiger partial charge in [-0.3, -0.25) is 0 Å². The summed E-state index contributed by atoms with van der Waals surface area (Å²) in [6, 6.07) is 2.56. The lowest BCUT2D eigenvalue weighted by Gasteiger charge is -2.28. The zero-order valence-corrected chi connectivity index (χ0v) is 11.1. The van der Waals surface area contributed by atoms with Crippen LogP contribution >= 0.6 is 11.3 Å². The monoisotopic (exact) mass is 227 g/mol. The van der Waals surface area contributed by atoms with E-state index in [0.29, 0.717) is 6.04 Å². The molecule has 1 heterocycles. The lowest BCUT2D eigenvalue weighted by molar-refractivity contribution is 0.00769. The summed E-state index contributed by atoms with van der Waals surface area (Å²) in [5, 5.41) is 5.51. The molecule has 1 aromatic rings. The average Bonchev–Trinajstić information content (AvgIpc) is 2.61. The molecule has 0 saturated heterocycles. The van der Waals surface area contributed by atoms with Crippen molar-refractivity contribution in [3.63, 3.8) is 0 Å². The van der Waals surface area contributed by atoms with Gasteiger partial charge in [-0.2, -0.15) is 0 Å². The molecule has 0 spiro atoms. The molecule has 0 fully saturated rings. The van der Waals surface area contributed by atoms with Gasteiger partial charge in [-0.1, -0.05) is 0 Å². The van der Waals surface area contributed by atoms with Crippen LogP contribution in [0.25, 0.3) is 0 Å². The highest BCUT2D eigenvalue weighted by Gasteiger charge is 2.24. The molecule has 2 nitrogen and oxygen atoms in total. The van der Waals surface area contributed by atoms with Gasteiger partial charge in [0, 0.05) is 18.0 Å². The van der Waals surface area contributed by atoms with Crippen molar-refractivity contribution in [3.05, 3.63) is 21.9 Å². The first-order valence-electron chi connectivity index (χ1n) is 5.26. The van der Waals surface area contributed by atoms with Crippen molar-refractivity contribution in [2.24, 2.45) is 0 Å². The summed E-state index contributed by atoms with van der Waals surface area (Å²) in [7, 11) is 3.78. The second-order valence-electron chi connectivity index (χ2n) is 4.48. The third kappa shape index (κ3) is 3.30. The van der Waals surface area contributed by atoms with Gasteiger partial charge in [0.2, 0.25) is 0 Å². The second kappa shape index (κ2) is 5.10.